The van der Waals surface area contributed by atoms with Crippen LogP contribution >= 0.6 is 0 Å². The third-order valence-electron chi connectivity index (χ3n) is 8.22. The van der Waals surface area contributed by atoms with Crippen LogP contribution in [0, 0.1) is 0 Å². The number of rotatable bonds is 6. The van der Waals surface area contributed by atoms with Gasteiger partial charge in [0.2, 0.25) is 0 Å². The largest absolute Gasteiger partial charge is 0.371 e. The standard InChI is InChI=1S/C29H40N4O/c1-30(28-14-19-31(23-28)22-24-8-4-2-5-9-24)29(34)25-10-12-26(13-11-25)33-20-15-27(16-21-33)32-17-6-3-7-18-32/h2,4-5,8-13,27-28H,3,6-7,14-23H2,1H3/t28-/m0/s1. The van der Waals surface area contributed by atoms with Crippen molar-refractivity contribution >= 4 is 11.6 Å². The molecule has 3 aliphatic rings. The van der Waals surface area contributed by atoms with Crippen molar-refractivity contribution in [2.75, 3.05) is 51.2 Å². The summed E-state index contributed by atoms with van der Waals surface area (Å²) in [6.07, 6.45) is 7.70. The summed E-state index contributed by atoms with van der Waals surface area (Å²) >= 11 is 0. The second-order valence-corrected chi connectivity index (χ2v) is 10.4. The van der Waals surface area contributed by atoms with E-state index in [0.717, 1.165) is 50.7 Å². The summed E-state index contributed by atoms with van der Waals surface area (Å²) in [5.74, 6) is 0.141. The Morgan fingerprint density at radius 3 is 2.26 bits per heavy atom. The summed E-state index contributed by atoms with van der Waals surface area (Å²) in [5, 5.41) is 0. The Labute approximate surface area is 205 Å². The number of benzene rings is 2. The number of nitrogens with zero attached hydrogens (tertiary/aromatic N) is 4. The molecule has 5 nitrogen and oxygen atoms in total. The zero-order valence-electron chi connectivity index (χ0n) is 20.7. The van der Waals surface area contributed by atoms with Crippen molar-refractivity contribution in [3.8, 4) is 0 Å². The quantitative estimate of drug-likeness (QED) is 0.636. The van der Waals surface area contributed by atoms with E-state index < -0.39 is 0 Å². The van der Waals surface area contributed by atoms with Gasteiger partial charge < -0.3 is 14.7 Å². The zero-order chi connectivity index (χ0) is 23.3. The molecule has 5 heteroatoms. The van der Waals surface area contributed by atoms with E-state index in [1.807, 2.05) is 24.1 Å². The monoisotopic (exact) mass is 460 g/mol. The van der Waals surface area contributed by atoms with Crippen LogP contribution in [0.1, 0.15) is 54.4 Å². The molecule has 34 heavy (non-hydrogen) atoms. The van der Waals surface area contributed by atoms with Crippen molar-refractivity contribution in [1.82, 2.24) is 14.7 Å². The first-order chi connectivity index (χ1) is 16.7. The fraction of sp³-hybridized carbons (Fsp3) is 0.552. The highest BCUT2D eigenvalue weighted by atomic mass is 16.2. The van der Waals surface area contributed by atoms with E-state index >= 15 is 0 Å². The van der Waals surface area contributed by atoms with Crippen molar-refractivity contribution in [2.24, 2.45) is 0 Å². The molecule has 5 rings (SSSR count). The molecule has 182 valence electrons. The molecule has 0 radical (unpaired) electrons. The van der Waals surface area contributed by atoms with Crippen LogP contribution < -0.4 is 4.90 Å². The van der Waals surface area contributed by atoms with Gasteiger partial charge in [0.25, 0.3) is 5.91 Å². The van der Waals surface area contributed by atoms with Crippen LogP contribution in [0.3, 0.4) is 0 Å². The first kappa shape index (κ1) is 23.4. The number of hydrogen-bond acceptors (Lipinski definition) is 4. The molecular formula is C29H40N4O. The van der Waals surface area contributed by atoms with Gasteiger partial charge in [-0.3, -0.25) is 9.69 Å². The van der Waals surface area contributed by atoms with Gasteiger partial charge in [0, 0.05) is 63.1 Å². The lowest BCUT2D eigenvalue weighted by Crippen LogP contribution is -2.46. The Balaban J connectivity index is 1.12. The van der Waals surface area contributed by atoms with Crippen molar-refractivity contribution < 1.29 is 4.79 Å². The molecule has 1 amide bonds. The number of likely N-dealkylation sites (N-methyl/N-ethyl adjacent to an activating group) is 1. The predicted octanol–water partition coefficient (Wildman–Crippen LogP) is 4.49. The molecule has 3 aliphatic heterocycles. The summed E-state index contributed by atoms with van der Waals surface area (Å²) in [7, 11) is 1.97. The third-order valence-corrected chi connectivity index (χ3v) is 8.22. The van der Waals surface area contributed by atoms with Gasteiger partial charge in [0.15, 0.2) is 0 Å². The van der Waals surface area contributed by atoms with Crippen LogP contribution in [0.15, 0.2) is 54.6 Å². The van der Waals surface area contributed by atoms with E-state index in [1.54, 1.807) is 0 Å². The van der Waals surface area contributed by atoms with E-state index in [4.69, 9.17) is 0 Å². The second-order valence-electron chi connectivity index (χ2n) is 10.4. The smallest absolute Gasteiger partial charge is 0.253 e. The van der Waals surface area contributed by atoms with Crippen LogP contribution in [0.2, 0.25) is 0 Å². The minimum absolute atomic E-state index is 0.141. The topological polar surface area (TPSA) is 30.0 Å². The van der Waals surface area contributed by atoms with Crippen LogP contribution in [0.4, 0.5) is 5.69 Å². The number of carbonyl (C=O) groups excluding carboxylic acids is 1. The van der Waals surface area contributed by atoms with Crippen molar-refractivity contribution in [2.45, 2.75) is 57.2 Å². The molecule has 3 saturated heterocycles. The Kier molecular flexibility index (Phi) is 7.51. The molecule has 3 fully saturated rings. The highest BCUT2D eigenvalue weighted by Gasteiger charge is 2.29. The minimum Gasteiger partial charge on any atom is -0.371 e. The first-order valence-electron chi connectivity index (χ1n) is 13.3. The van der Waals surface area contributed by atoms with E-state index in [1.165, 1.54) is 56.4 Å². The Bertz CT molecular complexity index is 917. The predicted molar refractivity (Wildman–Crippen MR) is 139 cm³/mol. The maximum atomic E-state index is 13.2. The molecule has 1 atom stereocenters. The summed E-state index contributed by atoms with van der Waals surface area (Å²) in [4.78, 5) is 22.8. The lowest BCUT2D eigenvalue weighted by molar-refractivity contribution is 0.0735. The summed E-state index contributed by atoms with van der Waals surface area (Å²) in [6, 6.07) is 20.0. The minimum atomic E-state index is 0.141. The van der Waals surface area contributed by atoms with Crippen molar-refractivity contribution in [3.05, 3.63) is 65.7 Å². The molecule has 0 unspecified atom stereocenters. The van der Waals surface area contributed by atoms with Gasteiger partial charge in [-0.2, -0.15) is 0 Å². The van der Waals surface area contributed by atoms with E-state index in [0.29, 0.717) is 0 Å². The molecule has 0 aliphatic carbocycles. The van der Waals surface area contributed by atoms with E-state index in [-0.39, 0.29) is 11.9 Å². The van der Waals surface area contributed by atoms with Crippen molar-refractivity contribution in [3.63, 3.8) is 0 Å². The normalized spacial score (nSPS) is 22.7. The number of anilines is 1. The SMILES string of the molecule is CN(C(=O)c1ccc(N2CCC(N3CCCCC3)CC2)cc1)[C@H]1CCN(Cc2ccccc2)C1. The average molecular weight is 461 g/mol. The fourth-order valence-corrected chi connectivity index (χ4v) is 6.07. The van der Waals surface area contributed by atoms with Crippen molar-refractivity contribution in [1.29, 1.82) is 0 Å². The fourth-order valence-electron chi connectivity index (χ4n) is 6.07. The molecule has 0 bridgehead atoms. The van der Waals surface area contributed by atoms with Gasteiger partial charge in [0.1, 0.15) is 0 Å². The number of likely N-dealkylation sites (tertiary alicyclic amines) is 2. The van der Waals surface area contributed by atoms with E-state index in [9.17, 15) is 4.79 Å². The summed E-state index contributed by atoms with van der Waals surface area (Å²) < 4.78 is 0. The van der Waals surface area contributed by atoms with Gasteiger partial charge in [-0.25, -0.2) is 0 Å². The lowest BCUT2D eigenvalue weighted by atomic mass is 9.99. The zero-order valence-corrected chi connectivity index (χ0v) is 20.7. The molecule has 3 heterocycles. The highest BCUT2D eigenvalue weighted by Crippen LogP contribution is 2.26. The Morgan fingerprint density at radius 2 is 1.56 bits per heavy atom. The van der Waals surface area contributed by atoms with Gasteiger partial charge in [-0.15, -0.1) is 0 Å². The van der Waals surface area contributed by atoms with Crippen LogP contribution in [-0.2, 0) is 6.54 Å². The summed E-state index contributed by atoms with van der Waals surface area (Å²) in [6.45, 7) is 7.77. The molecule has 2 aromatic carbocycles. The Morgan fingerprint density at radius 1 is 0.853 bits per heavy atom. The third kappa shape index (κ3) is 5.47. The number of amides is 1. The lowest BCUT2D eigenvalue weighted by Gasteiger charge is -2.41. The molecule has 0 saturated carbocycles. The van der Waals surface area contributed by atoms with Crippen LogP contribution in [0.5, 0.6) is 0 Å². The van der Waals surface area contributed by atoms with Gasteiger partial charge in [-0.1, -0.05) is 36.8 Å². The van der Waals surface area contributed by atoms with Crippen LogP contribution in [-0.4, -0.2) is 79.0 Å². The highest BCUT2D eigenvalue weighted by molar-refractivity contribution is 5.94. The van der Waals surface area contributed by atoms with Gasteiger partial charge >= 0.3 is 0 Å². The van der Waals surface area contributed by atoms with Gasteiger partial charge in [0.05, 0.1) is 0 Å². The average Bonchev–Trinajstić information content (AvgIpc) is 3.37. The van der Waals surface area contributed by atoms with Gasteiger partial charge in [-0.05, 0) is 75.0 Å². The maximum Gasteiger partial charge on any atom is 0.253 e. The summed E-state index contributed by atoms with van der Waals surface area (Å²) in [5.41, 5.74) is 3.40. The number of hydrogen-bond donors (Lipinski definition) is 0. The first-order valence-corrected chi connectivity index (χ1v) is 13.3. The molecule has 0 aromatic heterocycles. The van der Waals surface area contributed by atoms with Crippen LogP contribution in [0.25, 0.3) is 0 Å². The van der Waals surface area contributed by atoms with E-state index in [2.05, 4.69) is 57.2 Å². The second kappa shape index (κ2) is 10.9. The Hall–Kier alpha value is -2.37. The molecule has 0 N–H and O–H groups in total. The molecular weight excluding hydrogens is 420 g/mol. The number of piperidine rings is 2. The number of carbonyl (C=O) groups is 1. The maximum absolute atomic E-state index is 13.2. The molecule has 2 aromatic rings. The molecule has 0 spiro atoms.